The van der Waals surface area contributed by atoms with Crippen molar-refractivity contribution in [1.82, 2.24) is 10.6 Å². The Labute approximate surface area is 203 Å². The monoisotopic (exact) mass is 482 g/mol. The van der Waals surface area contributed by atoms with E-state index in [1.807, 2.05) is 36.4 Å². The van der Waals surface area contributed by atoms with Crippen molar-refractivity contribution in [3.63, 3.8) is 0 Å². The van der Waals surface area contributed by atoms with Crippen LogP contribution in [0.15, 0.2) is 48.5 Å². The van der Waals surface area contributed by atoms with Crippen molar-refractivity contribution in [2.75, 3.05) is 26.4 Å². The fourth-order valence-electron chi connectivity index (χ4n) is 4.90. The van der Waals surface area contributed by atoms with Gasteiger partial charge in [0.05, 0.1) is 12.0 Å². The first-order valence-corrected chi connectivity index (χ1v) is 11.8. The van der Waals surface area contributed by atoms with Gasteiger partial charge in [0.15, 0.2) is 0 Å². The molecule has 0 aromatic heterocycles. The lowest BCUT2D eigenvalue weighted by Crippen LogP contribution is -2.55. The number of rotatable bonds is 9. The van der Waals surface area contributed by atoms with Crippen LogP contribution in [-0.4, -0.2) is 66.2 Å². The van der Waals surface area contributed by atoms with Crippen LogP contribution in [0.25, 0.3) is 11.1 Å². The van der Waals surface area contributed by atoms with Gasteiger partial charge < -0.3 is 30.3 Å². The van der Waals surface area contributed by atoms with Crippen LogP contribution in [0.4, 0.5) is 4.79 Å². The zero-order valence-corrected chi connectivity index (χ0v) is 19.4. The number of ether oxygens (including phenoxy) is 2. The zero-order valence-electron chi connectivity index (χ0n) is 19.4. The number of nitrogens with one attached hydrogen (secondary N) is 2. The highest BCUT2D eigenvalue weighted by Crippen LogP contribution is 2.44. The fourth-order valence-corrected chi connectivity index (χ4v) is 4.90. The number of aliphatic carboxylic acids is 1. The minimum Gasteiger partial charge on any atom is -0.480 e. The van der Waals surface area contributed by atoms with Crippen LogP contribution in [0.5, 0.6) is 0 Å². The van der Waals surface area contributed by atoms with Crippen molar-refractivity contribution in [2.24, 2.45) is 0 Å². The van der Waals surface area contributed by atoms with Gasteiger partial charge in [0.25, 0.3) is 0 Å². The maximum atomic E-state index is 12.9. The van der Waals surface area contributed by atoms with Crippen molar-refractivity contribution < 1.29 is 34.1 Å². The van der Waals surface area contributed by atoms with E-state index < -0.39 is 29.6 Å². The summed E-state index contributed by atoms with van der Waals surface area (Å²) in [6.07, 6.45) is -0.0658. The summed E-state index contributed by atoms with van der Waals surface area (Å²) in [6.45, 7) is 0.496. The lowest BCUT2D eigenvalue weighted by Gasteiger charge is -2.37. The van der Waals surface area contributed by atoms with E-state index in [4.69, 9.17) is 14.6 Å². The summed E-state index contributed by atoms with van der Waals surface area (Å²) >= 11 is 0. The number of carboxylic acid groups (broad SMARTS) is 1. The number of aliphatic hydroxyl groups excluding tert-OH is 1. The van der Waals surface area contributed by atoms with Crippen LogP contribution < -0.4 is 10.6 Å². The van der Waals surface area contributed by atoms with Gasteiger partial charge in [0, 0.05) is 32.2 Å². The molecule has 0 bridgehead atoms. The van der Waals surface area contributed by atoms with Crippen LogP contribution in [0.2, 0.25) is 0 Å². The first-order valence-electron chi connectivity index (χ1n) is 11.8. The molecule has 2 aromatic rings. The second kappa shape index (κ2) is 10.9. The lowest BCUT2D eigenvalue weighted by molar-refractivity contribution is -0.142. The molecular formula is C26H30N2O7. The maximum Gasteiger partial charge on any atom is 0.407 e. The van der Waals surface area contributed by atoms with Gasteiger partial charge in [-0.2, -0.15) is 0 Å². The molecule has 1 atom stereocenters. The molecule has 9 nitrogen and oxygen atoms in total. The third-order valence-corrected chi connectivity index (χ3v) is 6.71. The Morgan fingerprint density at radius 3 is 2.20 bits per heavy atom. The van der Waals surface area contributed by atoms with Crippen molar-refractivity contribution in [3.8, 4) is 11.1 Å². The van der Waals surface area contributed by atoms with Gasteiger partial charge in [-0.05, 0) is 35.1 Å². The molecule has 2 amide bonds. The molecule has 0 radical (unpaired) electrons. The zero-order chi connectivity index (χ0) is 24.8. The maximum absolute atomic E-state index is 12.9. The Morgan fingerprint density at radius 1 is 1.03 bits per heavy atom. The number of alkyl carbamates (subject to hydrolysis) is 1. The standard InChI is InChI=1S/C26H30N2O7/c29-12-9-22(24(31)32)27-23(30)15-26(10-13-34-14-11-26)28-25(33)35-16-21-19-7-3-1-5-17(19)18-6-2-4-8-20(18)21/h1-8,21-22,29H,9-16H2,(H,27,30)(H,28,33)(H,31,32). The molecular weight excluding hydrogens is 452 g/mol. The van der Waals surface area contributed by atoms with Crippen molar-refractivity contribution in [1.29, 1.82) is 0 Å². The molecule has 1 heterocycles. The summed E-state index contributed by atoms with van der Waals surface area (Å²) in [5, 5.41) is 23.6. The third kappa shape index (κ3) is 5.63. The SMILES string of the molecule is O=C(CC1(NC(=O)OCC2c3ccccc3-c3ccccc32)CCOCC1)NC(CCO)C(=O)O. The predicted octanol–water partition coefficient (Wildman–Crippen LogP) is 2.42. The van der Waals surface area contributed by atoms with Gasteiger partial charge in [-0.1, -0.05) is 48.5 Å². The smallest absolute Gasteiger partial charge is 0.407 e. The number of hydrogen-bond acceptors (Lipinski definition) is 6. The Kier molecular flexibility index (Phi) is 7.67. The number of carboxylic acids is 1. The van der Waals surface area contributed by atoms with E-state index in [-0.39, 0.29) is 32.0 Å². The van der Waals surface area contributed by atoms with E-state index >= 15 is 0 Å². The lowest BCUT2D eigenvalue weighted by atomic mass is 9.86. The normalized spacial score (nSPS) is 17.1. The van der Waals surface area contributed by atoms with Gasteiger partial charge in [-0.25, -0.2) is 9.59 Å². The summed E-state index contributed by atoms with van der Waals surface area (Å²) in [5.41, 5.74) is 3.55. The number of hydrogen-bond donors (Lipinski definition) is 4. The minimum atomic E-state index is -1.22. The molecule has 0 spiro atoms. The quantitative estimate of drug-likeness (QED) is 0.431. The molecule has 4 N–H and O–H groups in total. The van der Waals surface area contributed by atoms with E-state index in [9.17, 15) is 19.5 Å². The third-order valence-electron chi connectivity index (χ3n) is 6.71. The average molecular weight is 483 g/mol. The number of aliphatic hydroxyl groups is 1. The van der Waals surface area contributed by atoms with Crippen LogP contribution in [0, 0.1) is 0 Å². The Balaban J connectivity index is 1.41. The second-order valence-electron chi connectivity index (χ2n) is 8.99. The largest absolute Gasteiger partial charge is 0.480 e. The van der Waals surface area contributed by atoms with Crippen molar-refractivity contribution >= 4 is 18.0 Å². The Bertz CT molecular complexity index is 1040. The Hall–Kier alpha value is -3.43. The summed E-state index contributed by atoms with van der Waals surface area (Å²) in [5.74, 6) is -1.83. The van der Waals surface area contributed by atoms with Gasteiger partial charge in [-0.3, -0.25) is 4.79 Å². The summed E-state index contributed by atoms with van der Waals surface area (Å²) < 4.78 is 11.1. The van der Waals surface area contributed by atoms with Gasteiger partial charge >= 0.3 is 12.1 Å². The van der Waals surface area contributed by atoms with E-state index in [2.05, 4.69) is 22.8 Å². The minimum absolute atomic E-state index is 0.0862. The van der Waals surface area contributed by atoms with Gasteiger partial charge in [0.2, 0.25) is 5.91 Å². The molecule has 0 saturated carbocycles. The van der Waals surface area contributed by atoms with E-state index in [0.29, 0.717) is 26.1 Å². The molecule has 2 aromatic carbocycles. The van der Waals surface area contributed by atoms with E-state index in [0.717, 1.165) is 22.3 Å². The number of carbonyl (C=O) groups is 3. The highest BCUT2D eigenvalue weighted by atomic mass is 16.5. The first kappa shape index (κ1) is 24.7. The predicted molar refractivity (Wildman–Crippen MR) is 127 cm³/mol. The second-order valence-corrected chi connectivity index (χ2v) is 8.99. The van der Waals surface area contributed by atoms with Crippen molar-refractivity contribution in [2.45, 2.75) is 43.2 Å². The molecule has 1 fully saturated rings. The van der Waals surface area contributed by atoms with Crippen LogP contribution >= 0.6 is 0 Å². The van der Waals surface area contributed by atoms with Crippen LogP contribution in [0.1, 0.15) is 42.7 Å². The Morgan fingerprint density at radius 2 is 1.63 bits per heavy atom. The van der Waals surface area contributed by atoms with Gasteiger partial charge in [-0.15, -0.1) is 0 Å². The summed E-state index contributed by atoms with van der Waals surface area (Å²) in [4.78, 5) is 36.8. The van der Waals surface area contributed by atoms with Crippen molar-refractivity contribution in [3.05, 3.63) is 59.7 Å². The number of fused-ring (bicyclic) bond motifs is 3. The number of benzene rings is 2. The molecule has 4 rings (SSSR count). The van der Waals surface area contributed by atoms with Gasteiger partial charge in [0.1, 0.15) is 12.6 Å². The summed E-state index contributed by atoms with van der Waals surface area (Å²) in [7, 11) is 0. The van der Waals surface area contributed by atoms with Crippen LogP contribution in [0.3, 0.4) is 0 Å². The highest BCUT2D eigenvalue weighted by Gasteiger charge is 2.38. The molecule has 1 aliphatic carbocycles. The summed E-state index contributed by atoms with van der Waals surface area (Å²) in [6, 6.07) is 14.9. The van der Waals surface area contributed by atoms with Crippen LogP contribution in [-0.2, 0) is 19.1 Å². The van der Waals surface area contributed by atoms with E-state index in [1.54, 1.807) is 0 Å². The topological polar surface area (TPSA) is 134 Å². The number of amides is 2. The first-order chi connectivity index (χ1) is 16.9. The molecule has 1 saturated heterocycles. The highest BCUT2D eigenvalue weighted by molar-refractivity contribution is 5.85. The average Bonchev–Trinajstić information content (AvgIpc) is 3.16. The molecule has 186 valence electrons. The molecule has 1 unspecified atom stereocenters. The molecule has 35 heavy (non-hydrogen) atoms. The van der Waals surface area contributed by atoms with E-state index in [1.165, 1.54) is 0 Å². The molecule has 1 aliphatic heterocycles. The number of carbonyl (C=O) groups excluding carboxylic acids is 2. The molecule has 2 aliphatic rings. The fraction of sp³-hybridized carbons (Fsp3) is 0.423. The molecule has 9 heteroatoms.